The number of pyridine rings is 1. The molecule has 0 unspecified atom stereocenters. The van der Waals surface area contributed by atoms with Gasteiger partial charge in [-0.05, 0) is 31.5 Å². The van der Waals surface area contributed by atoms with Crippen LogP contribution in [0.3, 0.4) is 0 Å². The Hall–Kier alpha value is -1.46. The van der Waals surface area contributed by atoms with Gasteiger partial charge in [-0.1, -0.05) is 0 Å². The van der Waals surface area contributed by atoms with Crippen LogP contribution in [0.2, 0.25) is 0 Å². The van der Waals surface area contributed by atoms with Crippen LogP contribution in [0.1, 0.15) is 29.9 Å². The van der Waals surface area contributed by atoms with Crippen molar-refractivity contribution in [2.75, 3.05) is 13.2 Å². The summed E-state index contributed by atoms with van der Waals surface area (Å²) in [6, 6.07) is 3.24. The van der Waals surface area contributed by atoms with Gasteiger partial charge in [0.05, 0.1) is 25.9 Å². The minimum atomic E-state index is -1.03. The molecule has 0 aliphatic rings. The first-order valence-electron chi connectivity index (χ1n) is 5.47. The highest BCUT2D eigenvalue weighted by Gasteiger charge is 2.04. The SMILES string of the molecule is CC(C)OCCOCc1ccnc(C(=O)O)c1. The second-order valence-corrected chi connectivity index (χ2v) is 3.83. The van der Waals surface area contributed by atoms with Crippen LogP contribution in [0.25, 0.3) is 0 Å². The Morgan fingerprint density at radius 1 is 1.47 bits per heavy atom. The molecule has 1 rings (SSSR count). The summed E-state index contributed by atoms with van der Waals surface area (Å²) in [5, 5.41) is 8.76. The van der Waals surface area contributed by atoms with Crippen LogP contribution in [0.15, 0.2) is 18.3 Å². The molecule has 0 atom stereocenters. The van der Waals surface area contributed by atoms with Gasteiger partial charge in [0.15, 0.2) is 0 Å². The fourth-order valence-corrected chi connectivity index (χ4v) is 1.21. The molecule has 1 aromatic rings. The molecule has 0 spiro atoms. The third-order valence-electron chi connectivity index (χ3n) is 1.99. The van der Waals surface area contributed by atoms with Crippen LogP contribution in [0, 0.1) is 0 Å². The van der Waals surface area contributed by atoms with E-state index >= 15 is 0 Å². The summed E-state index contributed by atoms with van der Waals surface area (Å²) in [5.41, 5.74) is 0.825. The summed E-state index contributed by atoms with van der Waals surface area (Å²) < 4.78 is 10.7. The van der Waals surface area contributed by atoms with E-state index in [1.807, 2.05) is 13.8 Å². The number of nitrogens with zero attached hydrogens (tertiary/aromatic N) is 1. The smallest absolute Gasteiger partial charge is 0.354 e. The number of ether oxygens (including phenoxy) is 2. The zero-order valence-electron chi connectivity index (χ0n) is 10.0. The maximum atomic E-state index is 10.7. The van der Waals surface area contributed by atoms with Gasteiger partial charge in [-0.3, -0.25) is 0 Å². The van der Waals surface area contributed by atoms with E-state index in [-0.39, 0.29) is 11.8 Å². The average molecular weight is 239 g/mol. The van der Waals surface area contributed by atoms with Gasteiger partial charge in [0.2, 0.25) is 0 Å². The number of hydrogen-bond acceptors (Lipinski definition) is 4. The van der Waals surface area contributed by atoms with E-state index in [1.54, 1.807) is 6.07 Å². The monoisotopic (exact) mass is 239 g/mol. The van der Waals surface area contributed by atoms with E-state index in [1.165, 1.54) is 12.3 Å². The van der Waals surface area contributed by atoms with Crippen LogP contribution in [0.5, 0.6) is 0 Å². The lowest BCUT2D eigenvalue weighted by Gasteiger charge is -2.08. The quantitative estimate of drug-likeness (QED) is 0.734. The van der Waals surface area contributed by atoms with E-state index in [9.17, 15) is 4.79 Å². The van der Waals surface area contributed by atoms with Crippen molar-refractivity contribution in [3.63, 3.8) is 0 Å². The molecule has 0 aliphatic heterocycles. The molecule has 0 fully saturated rings. The van der Waals surface area contributed by atoms with Crippen LogP contribution in [-0.4, -0.2) is 35.4 Å². The molecule has 5 heteroatoms. The Balaban J connectivity index is 2.31. The molecule has 17 heavy (non-hydrogen) atoms. The highest BCUT2D eigenvalue weighted by molar-refractivity contribution is 5.85. The molecular formula is C12H17NO4. The first-order valence-corrected chi connectivity index (χ1v) is 5.47. The van der Waals surface area contributed by atoms with Crippen LogP contribution in [-0.2, 0) is 16.1 Å². The minimum absolute atomic E-state index is 0.0320. The highest BCUT2D eigenvalue weighted by atomic mass is 16.5. The molecule has 1 aromatic heterocycles. The van der Waals surface area contributed by atoms with Gasteiger partial charge in [0.1, 0.15) is 5.69 Å². The van der Waals surface area contributed by atoms with E-state index in [4.69, 9.17) is 14.6 Å². The molecule has 0 amide bonds. The molecule has 0 saturated carbocycles. The van der Waals surface area contributed by atoms with Gasteiger partial charge in [0.25, 0.3) is 0 Å². The second-order valence-electron chi connectivity index (χ2n) is 3.83. The van der Waals surface area contributed by atoms with Crippen molar-refractivity contribution in [1.82, 2.24) is 4.98 Å². The first kappa shape index (κ1) is 13.6. The molecule has 5 nitrogen and oxygen atoms in total. The van der Waals surface area contributed by atoms with Gasteiger partial charge >= 0.3 is 5.97 Å². The van der Waals surface area contributed by atoms with Crippen LogP contribution < -0.4 is 0 Å². The standard InChI is InChI=1S/C12H17NO4/c1-9(2)17-6-5-16-8-10-3-4-13-11(7-10)12(14)15/h3-4,7,9H,5-6,8H2,1-2H3,(H,14,15). The molecule has 1 N–H and O–H groups in total. The Kier molecular flexibility index (Phi) is 5.59. The summed E-state index contributed by atoms with van der Waals surface area (Å²) in [4.78, 5) is 14.4. The van der Waals surface area contributed by atoms with Gasteiger partial charge in [-0.25, -0.2) is 9.78 Å². The number of hydrogen-bond donors (Lipinski definition) is 1. The first-order chi connectivity index (χ1) is 8.09. The van der Waals surface area contributed by atoms with Crippen molar-refractivity contribution in [1.29, 1.82) is 0 Å². The molecule has 1 heterocycles. The number of rotatable bonds is 7. The molecule has 94 valence electrons. The topological polar surface area (TPSA) is 68.7 Å². The summed E-state index contributed by atoms with van der Waals surface area (Å²) in [6.45, 7) is 5.31. The van der Waals surface area contributed by atoms with Crippen molar-refractivity contribution in [2.45, 2.75) is 26.6 Å². The van der Waals surface area contributed by atoms with Crippen molar-refractivity contribution < 1.29 is 19.4 Å². The molecule has 0 saturated heterocycles. The van der Waals surface area contributed by atoms with Crippen molar-refractivity contribution in [2.24, 2.45) is 0 Å². The predicted molar refractivity (Wildman–Crippen MR) is 61.9 cm³/mol. The summed E-state index contributed by atoms with van der Waals surface area (Å²) >= 11 is 0. The number of aromatic carboxylic acids is 1. The van der Waals surface area contributed by atoms with Crippen LogP contribution >= 0.6 is 0 Å². The van der Waals surface area contributed by atoms with E-state index in [0.29, 0.717) is 19.8 Å². The highest BCUT2D eigenvalue weighted by Crippen LogP contribution is 2.03. The fourth-order valence-electron chi connectivity index (χ4n) is 1.21. The molecule has 0 bridgehead atoms. The second kappa shape index (κ2) is 6.98. The third kappa shape index (κ3) is 5.42. The number of carbonyl (C=O) groups is 1. The van der Waals surface area contributed by atoms with Crippen LogP contribution in [0.4, 0.5) is 0 Å². The summed E-state index contributed by atoms with van der Waals surface area (Å²) in [6.07, 6.45) is 1.66. The lowest BCUT2D eigenvalue weighted by atomic mass is 10.2. The molecule has 0 radical (unpaired) electrons. The maximum absolute atomic E-state index is 10.7. The zero-order valence-corrected chi connectivity index (χ0v) is 10.0. The van der Waals surface area contributed by atoms with E-state index in [0.717, 1.165) is 5.56 Å². The summed E-state index contributed by atoms with van der Waals surface area (Å²) in [7, 11) is 0. The van der Waals surface area contributed by atoms with Crippen molar-refractivity contribution in [3.8, 4) is 0 Å². The Bertz CT molecular complexity index is 365. The molecular weight excluding hydrogens is 222 g/mol. The lowest BCUT2D eigenvalue weighted by Crippen LogP contribution is -2.09. The predicted octanol–water partition coefficient (Wildman–Crippen LogP) is 1.72. The van der Waals surface area contributed by atoms with Gasteiger partial charge in [0, 0.05) is 6.20 Å². The number of carboxylic acids is 1. The Morgan fingerprint density at radius 2 is 2.24 bits per heavy atom. The minimum Gasteiger partial charge on any atom is -0.477 e. The fraction of sp³-hybridized carbons (Fsp3) is 0.500. The Morgan fingerprint density at radius 3 is 2.88 bits per heavy atom. The van der Waals surface area contributed by atoms with E-state index < -0.39 is 5.97 Å². The number of carboxylic acid groups (broad SMARTS) is 1. The summed E-state index contributed by atoms with van der Waals surface area (Å²) in [5.74, 6) is -1.03. The van der Waals surface area contributed by atoms with Gasteiger partial charge in [-0.15, -0.1) is 0 Å². The largest absolute Gasteiger partial charge is 0.477 e. The van der Waals surface area contributed by atoms with Crippen molar-refractivity contribution >= 4 is 5.97 Å². The average Bonchev–Trinajstić information content (AvgIpc) is 2.28. The third-order valence-corrected chi connectivity index (χ3v) is 1.99. The van der Waals surface area contributed by atoms with Gasteiger partial charge < -0.3 is 14.6 Å². The van der Waals surface area contributed by atoms with E-state index in [2.05, 4.69) is 4.98 Å². The van der Waals surface area contributed by atoms with Gasteiger partial charge in [-0.2, -0.15) is 0 Å². The number of aromatic nitrogens is 1. The van der Waals surface area contributed by atoms with Crippen molar-refractivity contribution in [3.05, 3.63) is 29.6 Å². The normalized spacial score (nSPS) is 10.8. The Labute approximate surface area is 100 Å². The molecule has 0 aromatic carbocycles. The molecule has 0 aliphatic carbocycles. The maximum Gasteiger partial charge on any atom is 0.354 e. The lowest BCUT2D eigenvalue weighted by molar-refractivity contribution is 0.0142. The zero-order chi connectivity index (χ0) is 12.7.